The average molecular weight is 251 g/mol. The fourth-order valence-electron chi connectivity index (χ4n) is 2.74. The number of hydrogen-bond acceptors (Lipinski definition) is 3. The Hall–Kier alpha value is -1.36. The number of carbonyl (C=O) groups excluding carboxylic acids is 1. The number of aromatic nitrogens is 2. The fourth-order valence-corrected chi connectivity index (χ4v) is 2.74. The van der Waals surface area contributed by atoms with Gasteiger partial charge >= 0.3 is 0 Å². The molecule has 1 aliphatic rings. The Labute approximate surface area is 107 Å². The van der Waals surface area contributed by atoms with Crippen molar-refractivity contribution < 1.29 is 9.90 Å². The Morgan fingerprint density at radius 1 is 1.61 bits per heavy atom. The van der Waals surface area contributed by atoms with E-state index < -0.39 is 0 Å². The van der Waals surface area contributed by atoms with Gasteiger partial charge in [0.2, 0.25) is 0 Å². The van der Waals surface area contributed by atoms with Gasteiger partial charge in [-0.3, -0.25) is 9.48 Å². The highest BCUT2D eigenvalue weighted by molar-refractivity contribution is 5.93. The lowest BCUT2D eigenvalue weighted by atomic mass is 9.91. The molecule has 5 nitrogen and oxygen atoms in total. The van der Waals surface area contributed by atoms with Crippen LogP contribution in [0.15, 0.2) is 6.07 Å². The van der Waals surface area contributed by atoms with E-state index >= 15 is 0 Å². The number of nitrogens with zero attached hydrogens (tertiary/aromatic N) is 3. The Morgan fingerprint density at radius 3 is 2.89 bits per heavy atom. The Balaban J connectivity index is 2.24. The number of piperidine rings is 1. The second-order valence-electron chi connectivity index (χ2n) is 5.16. The summed E-state index contributed by atoms with van der Waals surface area (Å²) in [5, 5.41) is 13.7. The lowest BCUT2D eigenvalue weighted by Crippen LogP contribution is -2.50. The topological polar surface area (TPSA) is 58.4 Å². The van der Waals surface area contributed by atoms with E-state index in [4.69, 9.17) is 0 Å². The summed E-state index contributed by atoms with van der Waals surface area (Å²) < 4.78 is 1.62. The molecule has 1 fully saturated rings. The molecular weight excluding hydrogens is 230 g/mol. The Bertz CT molecular complexity index is 441. The molecule has 1 aromatic rings. The number of hydrogen-bond donors (Lipinski definition) is 1. The van der Waals surface area contributed by atoms with Crippen LogP contribution in [0.25, 0.3) is 0 Å². The lowest BCUT2D eigenvalue weighted by Gasteiger charge is -2.38. The molecule has 2 heterocycles. The zero-order chi connectivity index (χ0) is 13.3. The van der Waals surface area contributed by atoms with E-state index in [-0.39, 0.29) is 18.6 Å². The Kier molecular flexibility index (Phi) is 3.71. The van der Waals surface area contributed by atoms with Gasteiger partial charge in [-0.05, 0) is 31.7 Å². The van der Waals surface area contributed by atoms with E-state index in [1.165, 1.54) is 0 Å². The summed E-state index contributed by atoms with van der Waals surface area (Å²) in [6.07, 6.45) is 2.07. The number of aliphatic hydroxyl groups is 1. The van der Waals surface area contributed by atoms with Crippen molar-refractivity contribution in [2.24, 2.45) is 13.0 Å². The molecule has 0 aromatic carbocycles. The average Bonchev–Trinajstić information content (AvgIpc) is 2.67. The minimum Gasteiger partial charge on any atom is -0.394 e. The molecule has 1 N–H and O–H groups in total. The highest BCUT2D eigenvalue weighted by atomic mass is 16.3. The van der Waals surface area contributed by atoms with Crippen LogP contribution < -0.4 is 0 Å². The van der Waals surface area contributed by atoms with E-state index in [2.05, 4.69) is 12.0 Å². The molecule has 1 amide bonds. The number of aryl methyl sites for hydroxylation is 2. The quantitative estimate of drug-likeness (QED) is 0.851. The van der Waals surface area contributed by atoms with Crippen LogP contribution in [0.2, 0.25) is 0 Å². The summed E-state index contributed by atoms with van der Waals surface area (Å²) in [6, 6.07) is 1.73. The molecule has 5 heteroatoms. The largest absolute Gasteiger partial charge is 0.394 e. The fraction of sp³-hybridized carbons (Fsp3) is 0.692. The van der Waals surface area contributed by atoms with Gasteiger partial charge in [0, 0.05) is 13.6 Å². The van der Waals surface area contributed by atoms with E-state index in [9.17, 15) is 9.90 Å². The highest BCUT2D eigenvalue weighted by Crippen LogP contribution is 2.24. The summed E-state index contributed by atoms with van der Waals surface area (Å²) in [4.78, 5) is 14.3. The van der Waals surface area contributed by atoms with Gasteiger partial charge in [0.05, 0.1) is 18.3 Å². The van der Waals surface area contributed by atoms with Gasteiger partial charge in [0.25, 0.3) is 5.91 Å². The van der Waals surface area contributed by atoms with Crippen molar-refractivity contribution in [3.63, 3.8) is 0 Å². The van der Waals surface area contributed by atoms with Crippen molar-refractivity contribution in [3.05, 3.63) is 17.5 Å². The van der Waals surface area contributed by atoms with Gasteiger partial charge in [-0.1, -0.05) is 6.92 Å². The summed E-state index contributed by atoms with van der Waals surface area (Å²) in [5.74, 6) is 0.325. The minimum absolute atomic E-state index is 0.0244. The van der Waals surface area contributed by atoms with Gasteiger partial charge in [-0.15, -0.1) is 0 Å². The molecule has 0 saturated carbocycles. The van der Waals surface area contributed by atoms with Gasteiger partial charge in [0.15, 0.2) is 0 Å². The zero-order valence-corrected chi connectivity index (χ0v) is 11.3. The van der Waals surface area contributed by atoms with E-state index in [0.717, 1.165) is 25.1 Å². The molecule has 0 aliphatic carbocycles. The smallest absolute Gasteiger partial charge is 0.272 e. The maximum Gasteiger partial charge on any atom is 0.272 e. The maximum atomic E-state index is 12.5. The van der Waals surface area contributed by atoms with Gasteiger partial charge in [-0.25, -0.2) is 0 Å². The van der Waals surface area contributed by atoms with Crippen LogP contribution in [0.1, 0.15) is 35.9 Å². The van der Waals surface area contributed by atoms with E-state index in [1.807, 2.05) is 6.92 Å². The van der Waals surface area contributed by atoms with Crippen LogP contribution in [0, 0.1) is 12.8 Å². The van der Waals surface area contributed by atoms with Crippen molar-refractivity contribution >= 4 is 5.91 Å². The first kappa shape index (κ1) is 13.1. The summed E-state index contributed by atoms with van der Waals surface area (Å²) in [6.45, 7) is 4.72. The predicted molar refractivity (Wildman–Crippen MR) is 68.3 cm³/mol. The predicted octanol–water partition coefficient (Wildman–Crippen LogP) is 0.962. The first-order chi connectivity index (χ1) is 8.54. The van der Waals surface area contributed by atoms with Crippen LogP contribution in [0.3, 0.4) is 0 Å². The molecule has 100 valence electrons. The van der Waals surface area contributed by atoms with Crippen LogP contribution in [0.5, 0.6) is 0 Å². The van der Waals surface area contributed by atoms with Crippen molar-refractivity contribution in [1.29, 1.82) is 0 Å². The molecule has 1 saturated heterocycles. The Morgan fingerprint density at radius 2 is 2.33 bits per heavy atom. The third-order valence-corrected chi connectivity index (χ3v) is 3.78. The first-order valence-electron chi connectivity index (χ1n) is 6.47. The molecule has 2 unspecified atom stereocenters. The van der Waals surface area contributed by atoms with Gasteiger partial charge < -0.3 is 10.0 Å². The van der Waals surface area contributed by atoms with E-state index in [1.54, 1.807) is 22.7 Å². The number of carbonyl (C=O) groups is 1. The maximum absolute atomic E-state index is 12.5. The minimum atomic E-state index is -0.0681. The number of aliphatic hydroxyl groups excluding tert-OH is 1. The third-order valence-electron chi connectivity index (χ3n) is 3.78. The van der Waals surface area contributed by atoms with Crippen LogP contribution in [-0.4, -0.2) is 44.9 Å². The van der Waals surface area contributed by atoms with Crippen LogP contribution >= 0.6 is 0 Å². The second-order valence-corrected chi connectivity index (χ2v) is 5.16. The molecule has 1 aliphatic heterocycles. The van der Waals surface area contributed by atoms with Crippen molar-refractivity contribution in [2.75, 3.05) is 13.2 Å². The summed E-state index contributed by atoms with van der Waals surface area (Å²) >= 11 is 0. The molecule has 1 aromatic heterocycles. The van der Waals surface area contributed by atoms with Crippen LogP contribution in [0.4, 0.5) is 0 Å². The lowest BCUT2D eigenvalue weighted by molar-refractivity contribution is 0.0349. The van der Waals surface area contributed by atoms with E-state index in [0.29, 0.717) is 11.6 Å². The molecular formula is C13H21N3O2. The molecule has 18 heavy (non-hydrogen) atoms. The summed E-state index contributed by atoms with van der Waals surface area (Å²) in [7, 11) is 1.78. The molecule has 0 radical (unpaired) electrons. The van der Waals surface area contributed by atoms with Crippen molar-refractivity contribution in [3.8, 4) is 0 Å². The highest BCUT2D eigenvalue weighted by Gasteiger charge is 2.32. The van der Waals surface area contributed by atoms with Crippen molar-refractivity contribution in [2.45, 2.75) is 32.7 Å². The molecule has 0 bridgehead atoms. The van der Waals surface area contributed by atoms with Crippen molar-refractivity contribution in [1.82, 2.24) is 14.7 Å². The third kappa shape index (κ3) is 2.27. The number of rotatable bonds is 2. The van der Waals surface area contributed by atoms with Gasteiger partial charge in [-0.2, -0.15) is 5.10 Å². The standard InChI is InChI=1S/C13H21N3O2/c1-9-5-4-6-16(12(9)8-17)13(18)11-7-10(2)14-15(11)3/h7,9,12,17H,4-6,8H2,1-3H3. The summed E-state index contributed by atoms with van der Waals surface area (Å²) in [5.41, 5.74) is 1.44. The zero-order valence-electron chi connectivity index (χ0n) is 11.3. The number of likely N-dealkylation sites (tertiary alicyclic amines) is 1. The first-order valence-corrected chi connectivity index (χ1v) is 6.47. The van der Waals surface area contributed by atoms with Gasteiger partial charge in [0.1, 0.15) is 5.69 Å². The SMILES string of the molecule is Cc1cc(C(=O)N2CCCC(C)C2CO)n(C)n1. The van der Waals surface area contributed by atoms with Crippen LogP contribution in [-0.2, 0) is 7.05 Å². The monoisotopic (exact) mass is 251 g/mol. The second kappa shape index (κ2) is 5.10. The molecule has 2 rings (SSSR count). The molecule has 0 spiro atoms. The normalized spacial score (nSPS) is 24.3. The molecule has 2 atom stereocenters. The number of amides is 1.